The number of benzene rings is 12. The van der Waals surface area contributed by atoms with Crippen LogP contribution in [0, 0.1) is 0 Å². The number of nitrogens with zero attached hydrogens (tertiary/aromatic N) is 1. The molecule has 0 aromatic heterocycles. The minimum atomic E-state index is -0.564. The van der Waals surface area contributed by atoms with Gasteiger partial charge in [-0.1, -0.05) is 255 Å². The molecule has 1 nitrogen and oxygen atoms in total. The van der Waals surface area contributed by atoms with Gasteiger partial charge in [-0.05, 0) is 124 Å². The zero-order chi connectivity index (χ0) is 46.9. The molecule has 0 fully saturated rings. The minimum Gasteiger partial charge on any atom is -0.310 e. The Balaban J connectivity index is 0.945. The van der Waals surface area contributed by atoms with E-state index in [2.05, 4.69) is 290 Å². The summed E-state index contributed by atoms with van der Waals surface area (Å²) in [6.45, 7) is 0. The predicted molar refractivity (Wildman–Crippen MR) is 296 cm³/mol. The normalized spacial score (nSPS) is 13.6. The van der Waals surface area contributed by atoms with E-state index in [9.17, 15) is 0 Å². The van der Waals surface area contributed by atoms with Crippen LogP contribution in [0.4, 0.5) is 17.1 Å². The molecule has 2 aliphatic rings. The van der Waals surface area contributed by atoms with Crippen molar-refractivity contribution in [1.82, 2.24) is 0 Å². The van der Waals surface area contributed by atoms with Gasteiger partial charge in [-0.25, -0.2) is 0 Å². The quantitative estimate of drug-likeness (QED) is 0.154. The molecule has 0 saturated carbocycles. The van der Waals surface area contributed by atoms with E-state index in [1.807, 2.05) is 0 Å². The molecule has 332 valence electrons. The van der Waals surface area contributed by atoms with E-state index in [4.69, 9.17) is 0 Å². The zero-order valence-electron chi connectivity index (χ0n) is 39.1. The van der Waals surface area contributed by atoms with E-state index in [0.717, 1.165) is 17.1 Å². The van der Waals surface area contributed by atoms with Crippen molar-refractivity contribution in [3.63, 3.8) is 0 Å². The molecule has 0 amide bonds. The van der Waals surface area contributed by atoms with Gasteiger partial charge in [0.1, 0.15) is 0 Å². The summed E-state index contributed by atoms with van der Waals surface area (Å²) in [5.41, 5.74) is 20.1. The fraction of sp³-hybridized carbons (Fsp3) is 0.0286. The van der Waals surface area contributed by atoms with Crippen molar-refractivity contribution in [1.29, 1.82) is 0 Å². The van der Waals surface area contributed by atoms with Crippen molar-refractivity contribution in [2.24, 2.45) is 0 Å². The molecule has 2 aliphatic carbocycles. The van der Waals surface area contributed by atoms with Crippen LogP contribution in [0.25, 0.3) is 54.9 Å². The Kier molecular flexibility index (Phi) is 9.41. The second-order valence-corrected chi connectivity index (χ2v) is 19.1. The summed E-state index contributed by atoms with van der Waals surface area (Å²) in [6, 6.07) is 106. The summed E-state index contributed by atoms with van der Waals surface area (Å²) in [7, 11) is 0. The molecular weight excluding hydrogens is 855 g/mol. The minimum absolute atomic E-state index is 0.543. The van der Waals surface area contributed by atoms with Gasteiger partial charge in [0.2, 0.25) is 0 Å². The van der Waals surface area contributed by atoms with Gasteiger partial charge in [0, 0.05) is 16.8 Å². The molecule has 12 aromatic carbocycles. The van der Waals surface area contributed by atoms with Gasteiger partial charge < -0.3 is 4.90 Å². The second kappa shape index (κ2) is 16.3. The Bertz CT molecular complexity index is 3880. The van der Waals surface area contributed by atoms with Gasteiger partial charge >= 0.3 is 0 Å². The Morgan fingerprint density at radius 2 is 0.634 bits per heavy atom. The van der Waals surface area contributed by atoms with Crippen molar-refractivity contribution in [3.05, 3.63) is 330 Å². The number of hydrogen-bond donors (Lipinski definition) is 0. The van der Waals surface area contributed by atoms with Crippen LogP contribution in [0.3, 0.4) is 0 Å². The maximum Gasteiger partial charge on any atom is 0.0720 e. The van der Waals surface area contributed by atoms with Crippen molar-refractivity contribution < 1.29 is 0 Å². The molecule has 1 spiro atoms. The van der Waals surface area contributed by atoms with Gasteiger partial charge in [0.25, 0.3) is 0 Å². The first-order valence-corrected chi connectivity index (χ1v) is 24.8. The molecule has 0 saturated heterocycles. The second-order valence-electron chi connectivity index (χ2n) is 19.1. The van der Waals surface area contributed by atoms with Crippen LogP contribution < -0.4 is 4.90 Å². The highest BCUT2D eigenvalue weighted by Gasteiger charge is 2.56. The lowest BCUT2D eigenvalue weighted by Crippen LogP contribution is -2.44. The number of anilines is 3. The lowest BCUT2D eigenvalue weighted by Gasteiger charge is -2.50. The van der Waals surface area contributed by atoms with Gasteiger partial charge in [-0.3, -0.25) is 0 Å². The molecule has 0 bridgehead atoms. The van der Waals surface area contributed by atoms with Crippen LogP contribution in [-0.2, 0) is 10.8 Å². The zero-order valence-corrected chi connectivity index (χ0v) is 39.1. The monoisotopic (exact) mass is 901 g/mol. The van der Waals surface area contributed by atoms with Gasteiger partial charge in [0.05, 0.1) is 16.5 Å². The average molecular weight is 902 g/mol. The number of fused-ring (bicyclic) bond motifs is 11. The lowest BCUT2D eigenvalue weighted by molar-refractivity contribution is 0.623. The van der Waals surface area contributed by atoms with Crippen molar-refractivity contribution in [3.8, 4) is 33.4 Å². The van der Waals surface area contributed by atoms with E-state index in [0.29, 0.717) is 0 Å². The third kappa shape index (κ3) is 6.00. The molecule has 0 heterocycles. The fourth-order valence-electron chi connectivity index (χ4n) is 12.8. The van der Waals surface area contributed by atoms with Crippen LogP contribution >= 0.6 is 0 Å². The Morgan fingerprint density at radius 3 is 1.24 bits per heavy atom. The summed E-state index contributed by atoms with van der Waals surface area (Å²) >= 11 is 0. The third-order valence-electron chi connectivity index (χ3n) is 15.6. The molecule has 14 rings (SSSR count). The summed E-state index contributed by atoms with van der Waals surface area (Å²) in [6.07, 6.45) is 0. The molecule has 0 N–H and O–H groups in total. The van der Waals surface area contributed by atoms with E-state index in [-0.39, 0.29) is 0 Å². The fourth-order valence-corrected chi connectivity index (χ4v) is 12.8. The summed E-state index contributed by atoms with van der Waals surface area (Å²) < 4.78 is 0. The Hall–Kier alpha value is -9.04. The maximum absolute atomic E-state index is 2.42. The average Bonchev–Trinajstić information content (AvgIpc) is 3.77. The first-order valence-electron chi connectivity index (χ1n) is 24.8. The molecule has 0 atom stereocenters. The maximum atomic E-state index is 2.42. The SMILES string of the molecule is c1ccc(C2(c3ccccc3)c3ccccc3C3(c4ccccc4-c4c(-c5ccc(N(c6ccc(-c7cccc8ccccc78)cc6)c6cccc7ccccc67)cc5)cccc43)c3ccccc32)cc1. The summed E-state index contributed by atoms with van der Waals surface area (Å²) in [5, 5.41) is 4.92. The van der Waals surface area contributed by atoms with Crippen LogP contribution in [0.1, 0.15) is 44.5 Å². The van der Waals surface area contributed by atoms with E-state index in [1.165, 1.54) is 99.4 Å². The molecule has 0 radical (unpaired) electrons. The van der Waals surface area contributed by atoms with Crippen molar-refractivity contribution >= 4 is 38.6 Å². The van der Waals surface area contributed by atoms with Crippen molar-refractivity contribution in [2.45, 2.75) is 10.8 Å². The molecule has 1 heteroatoms. The number of rotatable bonds is 7. The van der Waals surface area contributed by atoms with Crippen LogP contribution in [0.5, 0.6) is 0 Å². The summed E-state index contributed by atoms with van der Waals surface area (Å²) in [4.78, 5) is 2.42. The van der Waals surface area contributed by atoms with Crippen LogP contribution in [0.2, 0.25) is 0 Å². The van der Waals surface area contributed by atoms with Crippen LogP contribution in [-0.4, -0.2) is 0 Å². The van der Waals surface area contributed by atoms with Crippen molar-refractivity contribution in [2.75, 3.05) is 4.90 Å². The first-order chi connectivity index (χ1) is 35.2. The highest BCUT2D eigenvalue weighted by atomic mass is 15.1. The molecule has 71 heavy (non-hydrogen) atoms. The molecule has 0 unspecified atom stereocenters. The largest absolute Gasteiger partial charge is 0.310 e. The standard InChI is InChI=1S/C70H47N/c1-3-24-52(25-4-1)69(53-26-5-2-6-27-53)62-34-13-15-36-64(62)70(65-37-16-14-35-63(65)69)61-33-12-11-30-60(61)68-59(32-19-38-66(68)70)51-42-46-55(47-43-51)71(67-39-18-23-49-21-8-10-29-58(49)67)54-44-40-50(41-45-54)57-31-17-22-48-20-7-9-28-56(48)57/h1-47H. The highest BCUT2D eigenvalue weighted by Crippen LogP contribution is 2.65. The molecular formula is C70H47N. The molecule has 12 aromatic rings. The first kappa shape index (κ1) is 41.0. The predicted octanol–water partition coefficient (Wildman–Crippen LogP) is 17.9. The Morgan fingerprint density at radius 1 is 0.239 bits per heavy atom. The third-order valence-corrected chi connectivity index (χ3v) is 15.6. The van der Waals surface area contributed by atoms with Gasteiger partial charge in [-0.15, -0.1) is 0 Å². The smallest absolute Gasteiger partial charge is 0.0720 e. The van der Waals surface area contributed by atoms with Gasteiger partial charge in [0.15, 0.2) is 0 Å². The van der Waals surface area contributed by atoms with E-state index < -0.39 is 10.8 Å². The van der Waals surface area contributed by atoms with Crippen LogP contribution in [0.15, 0.2) is 285 Å². The van der Waals surface area contributed by atoms with E-state index >= 15 is 0 Å². The molecule has 0 aliphatic heterocycles. The Labute approximate surface area is 415 Å². The topological polar surface area (TPSA) is 3.24 Å². The summed E-state index contributed by atoms with van der Waals surface area (Å²) in [5.74, 6) is 0. The highest BCUT2D eigenvalue weighted by molar-refractivity contribution is 6.01. The van der Waals surface area contributed by atoms with Gasteiger partial charge in [-0.2, -0.15) is 0 Å². The number of hydrogen-bond acceptors (Lipinski definition) is 1. The van der Waals surface area contributed by atoms with E-state index in [1.54, 1.807) is 0 Å². The lowest BCUT2D eigenvalue weighted by atomic mass is 9.51.